The SMILES string of the molecule is C=C(C)c1ccc(C)c(C2=CC=CC2)c1. The summed E-state index contributed by atoms with van der Waals surface area (Å²) in [5, 5.41) is 0. The van der Waals surface area contributed by atoms with E-state index in [1.165, 1.54) is 22.3 Å². The topological polar surface area (TPSA) is 0 Å². The zero-order chi connectivity index (χ0) is 10.8. The third-order valence-electron chi connectivity index (χ3n) is 2.85. The van der Waals surface area contributed by atoms with Crippen LogP contribution in [0.15, 0.2) is 43.0 Å². The zero-order valence-electron chi connectivity index (χ0n) is 9.38. The molecule has 0 saturated carbocycles. The van der Waals surface area contributed by atoms with Crippen LogP contribution in [0.4, 0.5) is 0 Å². The third kappa shape index (κ3) is 1.94. The van der Waals surface area contributed by atoms with Crippen LogP contribution in [0, 0.1) is 6.92 Å². The highest BCUT2D eigenvalue weighted by atomic mass is 14.1. The van der Waals surface area contributed by atoms with Crippen LogP contribution in [-0.4, -0.2) is 0 Å². The Labute approximate surface area is 91.6 Å². The lowest BCUT2D eigenvalue weighted by Gasteiger charge is -2.09. The summed E-state index contributed by atoms with van der Waals surface area (Å²) >= 11 is 0. The van der Waals surface area contributed by atoms with Crippen LogP contribution >= 0.6 is 0 Å². The zero-order valence-corrected chi connectivity index (χ0v) is 9.38. The summed E-state index contributed by atoms with van der Waals surface area (Å²) in [5.74, 6) is 0. The van der Waals surface area contributed by atoms with Gasteiger partial charge in [0.15, 0.2) is 0 Å². The fraction of sp³-hybridized carbons (Fsp3) is 0.200. The van der Waals surface area contributed by atoms with E-state index < -0.39 is 0 Å². The molecule has 0 nitrogen and oxygen atoms in total. The smallest absolute Gasteiger partial charge is 0.00883 e. The van der Waals surface area contributed by atoms with Gasteiger partial charge in [0.25, 0.3) is 0 Å². The molecule has 0 aliphatic heterocycles. The van der Waals surface area contributed by atoms with Gasteiger partial charge in [-0.25, -0.2) is 0 Å². The molecule has 0 amide bonds. The molecule has 1 aliphatic rings. The Morgan fingerprint density at radius 1 is 1.33 bits per heavy atom. The van der Waals surface area contributed by atoms with Gasteiger partial charge < -0.3 is 0 Å². The van der Waals surface area contributed by atoms with Crippen LogP contribution in [0.3, 0.4) is 0 Å². The molecule has 0 aromatic heterocycles. The number of hydrogen-bond acceptors (Lipinski definition) is 0. The van der Waals surface area contributed by atoms with Gasteiger partial charge in [0.05, 0.1) is 0 Å². The van der Waals surface area contributed by atoms with E-state index in [0.717, 1.165) is 12.0 Å². The molecule has 76 valence electrons. The molecule has 1 aromatic carbocycles. The van der Waals surface area contributed by atoms with Crippen LogP contribution in [0.2, 0.25) is 0 Å². The number of hydrogen-bond donors (Lipinski definition) is 0. The largest absolute Gasteiger partial charge is 0.0955 e. The molecule has 0 heterocycles. The minimum atomic E-state index is 1.06. The van der Waals surface area contributed by atoms with Crippen molar-refractivity contribution in [1.82, 2.24) is 0 Å². The van der Waals surface area contributed by atoms with Gasteiger partial charge in [0.2, 0.25) is 0 Å². The first kappa shape index (κ1) is 9.97. The van der Waals surface area contributed by atoms with Crippen LogP contribution in [0.1, 0.15) is 30.0 Å². The summed E-state index contributed by atoms with van der Waals surface area (Å²) in [6, 6.07) is 6.57. The fourth-order valence-corrected chi connectivity index (χ4v) is 1.88. The summed E-state index contributed by atoms with van der Waals surface area (Å²) in [7, 11) is 0. The Kier molecular flexibility index (Phi) is 2.59. The van der Waals surface area contributed by atoms with Crippen molar-refractivity contribution in [3.05, 3.63) is 59.7 Å². The average Bonchev–Trinajstić information content (AvgIpc) is 2.71. The monoisotopic (exact) mass is 196 g/mol. The molecule has 0 N–H and O–H groups in total. The van der Waals surface area contributed by atoms with Crippen molar-refractivity contribution < 1.29 is 0 Å². The van der Waals surface area contributed by atoms with Gasteiger partial charge in [-0.05, 0) is 48.6 Å². The molecule has 0 fully saturated rings. The standard InChI is InChI=1S/C15H16/c1-11(2)14-9-8-12(3)15(10-14)13-6-4-5-7-13/h4-6,8-10H,1,7H2,2-3H3. The Morgan fingerprint density at radius 3 is 2.73 bits per heavy atom. The van der Waals surface area contributed by atoms with Crippen molar-refractivity contribution in [2.24, 2.45) is 0 Å². The highest BCUT2D eigenvalue weighted by molar-refractivity contribution is 5.76. The Morgan fingerprint density at radius 2 is 2.13 bits per heavy atom. The predicted octanol–water partition coefficient (Wildman–Crippen LogP) is 4.37. The van der Waals surface area contributed by atoms with Crippen molar-refractivity contribution in [3.63, 3.8) is 0 Å². The van der Waals surface area contributed by atoms with Gasteiger partial charge >= 0.3 is 0 Å². The highest BCUT2D eigenvalue weighted by Gasteiger charge is 2.07. The van der Waals surface area contributed by atoms with E-state index in [1.54, 1.807) is 0 Å². The van der Waals surface area contributed by atoms with Crippen molar-refractivity contribution in [2.75, 3.05) is 0 Å². The summed E-state index contributed by atoms with van der Waals surface area (Å²) in [6.07, 6.45) is 7.58. The maximum atomic E-state index is 3.99. The summed E-state index contributed by atoms with van der Waals surface area (Å²) in [6.45, 7) is 8.20. The van der Waals surface area contributed by atoms with E-state index in [9.17, 15) is 0 Å². The van der Waals surface area contributed by atoms with Gasteiger partial charge in [0, 0.05) is 0 Å². The number of allylic oxidation sites excluding steroid dienone is 5. The van der Waals surface area contributed by atoms with Crippen molar-refractivity contribution >= 4 is 11.1 Å². The molecule has 0 saturated heterocycles. The summed E-state index contributed by atoms with van der Waals surface area (Å²) in [4.78, 5) is 0. The molecule has 2 rings (SSSR count). The van der Waals surface area contributed by atoms with Crippen LogP contribution in [0.25, 0.3) is 11.1 Å². The van der Waals surface area contributed by atoms with Gasteiger partial charge in [-0.15, -0.1) is 0 Å². The maximum absolute atomic E-state index is 3.99. The van der Waals surface area contributed by atoms with Crippen LogP contribution in [0.5, 0.6) is 0 Å². The van der Waals surface area contributed by atoms with Gasteiger partial charge in [-0.2, -0.15) is 0 Å². The molecular weight excluding hydrogens is 180 g/mol. The second-order valence-corrected chi connectivity index (χ2v) is 4.13. The molecule has 0 bridgehead atoms. The second-order valence-electron chi connectivity index (χ2n) is 4.13. The first-order valence-electron chi connectivity index (χ1n) is 5.31. The second kappa shape index (κ2) is 3.90. The normalized spacial score (nSPS) is 14.1. The average molecular weight is 196 g/mol. The first-order valence-corrected chi connectivity index (χ1v) is 5.31. The molecule has 1 aromatic rings. The highest BCUT2D eigenvalue weighted by Crippen LogP contribution is 2.28. The van der Waals surface area contributed by atoms with Gasteiger partial charge in [-0.3, -0.25) is 0 Å². The number of aryl methyl sites for hydroxylation is 1. The molecular formula is C15H16. The lowest BCUT2D eigenvalue weighted by atomic mass is 9.95. The Hall–Kier alpha value is -1.56. The van der Waals surface area contributed by atoms with E-state index in [2.05, 4.69) is 56.9 Å². The van der Waals surface area contributed by atoms with Crippen molar-refractivity contribution in [2.45, 2.75) is 20.3 Å². The molecule has 1 aliphatic carbocycles. The quantitative estimate of drug-likeness (QED) is 0.658. The summed E-state index contributed by atoms with van der Waals surface area (Å²) in [5.41, 5.74) is 6.48. The first-order chi connectivity index (χ1) is 7.18. The Balaban J connectivity index is 2.46. The van der Waals surface area contributed by atoms with Gasteiger partial charge in [0.1, 0.15) is 0 Å². The van der Waals surface area contributed by atoms with Gasteiger partial charge in [-0.1, -0.05) is 42.5 Å². The fourth-order valence-electron chi connectivity index (χ4n) is 1.88. The molecule has 15 heavy (non-hydrogen) atoms. The third-order valence-corrected chi connectivity index (χ3v) is 2.85. The van der Waals surface area contributed by atoms with Crippen LogP contribution in [-0.2, 0) is 0 Å². The Bertz CT molecular complexity index is 459. The lowest BCUT2D eigenvalue weighted by molar-refractivity contribution is 1.35. The molecule has 0 unspecified atom stereocenters. The van der Waals surface area contributed by atoms with Crippen molar-refractivity contribution in [1.29, 1.82) is 0 Å². The minimum Gasteiger partial charge on any atom is -0.0955 e. The minimum absolute atomic E-state index is 1.06. The number of benzene rings is 1. The van der Waals surface area contributed by atoms with E-state index in [-0.39, 0.29) is 0 Å². The van der Waals surface area contributed by atoms with E-state index in [4.69, 9.17) is 0 Å². The van der Waals surface area contributed by atoms with E-state index in [1.807, 2.05) is 0 Å². The van der Waals surface area contributed by atoms with Crippen molar-refractivity contribution in [3.8, 4) is 0 Å². The molecule has 0 radical (unpaired) electrons. The van der Waals surface area contributed by atoms with Crippen LogP contribution < -0.4 is 0 Å². The lowest BCUT2D eigenvalue weighted by Crippen LogP contribution is -1.89. The van der Waals surface area contributed by atoms with E-state index in [0.29, 0.717) is 0 Å². The predicted molar refractivity (Wildman–Crippen MR) is 67.6 cm³/mol. The van der Waals surface area contributed by atoms with E-state index >= 15 is 0 Å². The maximum Gasteiger partial charge on any atom is -0.00883 e. The number of rotatable bonds is 2. The molecule has 0 spiro atoms. The summed E-state index contributed by atoms with van der Waals surface area (Å²) < 4.78 is 0. The molecule has 0 heteroatoms. The molecule has 0 atom stereocenters.